The zero-order valence-electron chi connectivity index (χ0n) is 10.8. The second-order valence-electron chi connectivity index (χ2n) is 4.33. The third kappa shape index (κ3) is 5.98. The molecule has 0 fully saturated rings. The second-order valence-corrected chi connectivity index (χ2v) is 5.14. The predicted octanol–water partition coefficient (Wildman–Crippen LogP) is 2.56. The molecular weight excluding hydrogens is 280 g/mol. The van der Waals surface area contributed by atoms with Gasteiger partial charge in [-0.15, -0.1) is 0 Å². The number of aryl methyl sites for hydroxylation is 1. The molecule has 1 rings (SSSR count). The molecule has 0 atom stereocenters. The minimum atomic E-state index is 0.853. The minimum absolute atomic E-state index is 0.853. The fraction of sp³-hybridized carbons (Fsp3) is 0.667. The van der Waals surface area contributed by atoms with Gasteiger partial charge in [0.05, 0.1) is 0 Å². The Kier molecular flexibility index (Phi) is 6.44. The third-order valence-electron chi connectivity index (χ3n) is 2.30. The fourth-order valence-electron chi connectivity index (χ4n) is 1.50. The second kappa shape index (κ2) is 7.61. The van der Waals surface area contributed by atoms with Crippen LogP contribution in [0.5, 0.6) is 0 Å². The molecule has 0 aliphatic rings. The molecule has 0 aliphatic carbocycles. The summed E-state index contributed by atoms with van der Waals surface area (Å²) in [7, 11) is 4.17. The topological polar surface area (TPSA) is 41.1 Å². The Balaban J connectivity index is 2.46. The van der Waals surface area contributed by atoms with Crippen molar-refractivity contribution in [2.45, 2.75) is 26.2 Å². The summed E-state index contributed by atoms with van der Waals surface area (Å²) in [6.07, 6.45) is 3.10. The van der Waals surface area contributed by atoms with Crippen molar-refractivity contribution in [3.63, 3.8) is 0 Å². The summed E-state index contributed by atoms with van der Waals surface area (Å²) in [5.41, 5.74) is 0. The molecule has 4 nitrogen and oxygen atoms in total. The van der Waals surface area contributed by atoms with Crippen LogP contribution in [0.25, 0.3) is 0 Å². The lowest BCUT2D eigenvalue weighted by Crippen LogP contribution is -2.16. The highest BCUT2D eigenvalue weighted by Gasteiger charge is 2.02. The zero-order valence-corrected chi connectivity index (χ0v) is 12.4. The van der Waals surface area contributed by atoms with Crippen molar-refractivity contribution in [2.75, 3.05) is 32.5 Å². The van der Waals surface area contributed by atoms with E-state index in [4.69, 9.17) is 0 Å². The van der Waals surface area contributed by atoms with E-state index in [2.05, 4.69) is 57.1 Å². The maximum Gasteiger partial charge on any atom is 0.132 e. The largest absolute Gasteiger partial charge is 0.370 e. The summed E-state index contributed by atoms with van der Waals surface area (Å²) < 4.78 is 0.853. The molecule has 1 aromatic rings. The Hall–Kier alpha value is -0.680. The number of halogens is 1. The number of anilines is 1. The molecule has 0 bridgehead atoms. The lowest BCUT2D eigenvalue weighted by Gasteiger charge is -2.10. The van der Waals surface area contributed by atoms with E-state index in [0.717, 1.165) is 48.6 Å². The molecule has 0 amide bonds. The molecule has 1 N–H and O–H groups in total. The number of hydrogen-bond donors (Lipinski definition) is 1. The average Bonchev–Trinajstić information content (AvgIpc) is 2.24. The smallest absolute Gasteiger partial charge is 0.132 e. The lowest BCUT2D eigenvalue weighted by molar-refractivity contribution is 0.405. The van der Waals surface area contributed by atoms with Crippen LogP contribution in [0.3, 0.4) is 0 Å². The Labute approximate surface area is 112 Å². The van der Waals surface area contributed by atoms with Crippen molar-refractivity contribution in [2.24, 2.45) is 0 Å². The van der Waals surface area contributed by atoms with Crippen LogP contribution in [0.15, 0.2) is 10.7 Å². The van der Waals surface area contributed by atoms with E-state index >= 15 is 0 Å². The first kappa shape index (κ1) is 14.4. The van der Waals surface area contributed by atoms with Crippen LogP contribution in [0.1, 0.15) is 25.6 Å². The SMILES string of the molecule is CCCc1nc(Br)cc(NCCCN(C)C)n1. The summed E-state index contributed by atoms with van der Waals surface area (Å²) in [6.45, 7) is 4.16. The minimum Gasteiger partial charge on any atom is -0.370 e. The quantitative estimate of drug-likeness (QED) is 0.621. The highest BCUT2D eigenvalue weighted by molar-refractivity contribution is 9.10. The highest BCUT2D eigenvalue weighted by atomic mass is 79.9. The van der Waals surface area contributed by atoms with E-state index in [0.29, 0.717) is 0 Å². The number of rotatable bonds is 7. The van der Waals surface area contributed by atoms with Gasteiger partial charge < -0.3 is 10.2 Å². The molecule has 0 aliphatic heterocycles. The van der Waals surface area contributed by atoms with Gasteiger partial charge in [-0.05, 0) is 49.4 Å². The first-order valence-corrected chi connectivity index (χ1v) is 6.83. The van der Waals surface area contributed by atoms with E-state index in [9.17, 15) is 0 Å². The van der Waals surface area contributed by atoms with E-state index in [1.54, 1.807) is 0 Å². The molecule has 17 heavy (non-hydrogen) atoms. The first-order chi connectivity index (χ1) is 8.11. The van der Waals surface area contributed by atoms with Crippen molar-refractivity contribution < 1.29 is 0 Å². The molecule has 0 unspecified atom stereocenters. The Morgan fingerprint density at radius 2 is 2.12 bits per heavy atom. The van der Waals surface area contributed by atoms with Crippen LogP contribution in [0, 0.1) is 0 Å². The van der Waals surface area contributed by atoms with E-state index in [1.165, 1.54) is 0 Å². The summed E-state index contributed by atoms with van der Waals surface area (Å²) in [5, 5.41) is 3.33. The van der Waals surface area contributed by atoms with Gasteiger partial charge in [-0.3, -0.25) is 0 Å². The Morgan fingerprint density at radius 1 is 1.35 bits per heavy atom. The number of nitrogens with zero attached hydrogens (tertiary/aromatic N) is 3. The molecule has 1 heterocycles. The van der Waals surface area contributed by atoms with Crippen molar-refractivity contribution in [3.8, 4) is 0 Å². The molecule has 0 aromatic carbocycles. The molecular formula is C12H21BrN4. The van der Waals surface area contributed by atoms with Crippen LogP contribution < -0.4 is 5.32 Å². The number of hydrogen-bond acceptors (Lipinski definition) is 4. The molecule has 0 radical (unpaired) electrons. The number of nitrogens with one attached hydrogen (secondary N) is 1. The summed E-state index contributed by atoms with van der Waals surface area (Å²) in [4.78, 5) is 11.0. The van der Waals surface area contributed by atoms with Crippen molar-refractivity contribution in [1.29, 1.82) is 0 Å². The standard InChI is InChI=1S/C12H21BrN4/c1-4-6-11-15-10(13)9-12(16-11)14-7-5-8-17(2)3/h9H,4-8H2,1-3H3,(H,14,15,16). The van der Waals surface area contributed by atoms with Gasteiger partial charge in [0, 0.05) is 19.0 Å². The molecule has 0 saturated carbocycles. The van der Waals surface area contributed by atoms with Crippen LogP contribution >= 0.6 is 15.9 Å². The van der Waals surface area contributed by atoms with Gasteiger partial charge in [0.15, 0.2) is 0 Å². The molecule has 5 heteroatoms. The van der Waals surface area contributed by atoms with Crippen LogP contribution in [0.4, 0.5) is 5.82 Å². The van der Waals surface area contributed by atoms with Crippen molar-refractivity contribution in [1.82, 2.24) is 14.9 Å². The van der Waals surface area contributed by atoms with Crippen LogP contribution in [-0.2, 0) is 6.42 Å². The highest BCUT2D eigenvalue weighted by Crippen LogP contribution is 2.13. The van der Waals surface area contributed by atoms with Crippen LogP contribution in [0.2, 0.25) is 0 Å². The molecule has 96 valence electrons. The monoisotopic (exact) mass is 300 g/mol. The Bertz CT molecular complexity index is 341. The third-order valence-corrected chi connectivity index (χ3v) is 2.71. The lowest BCUT2D eigenvalue weighted by atomic mass is 10.3. The van der Waals surface area contributed by atoms with Gasteiger partial charge in [0.2, 0.25) is 0 Å². The van der Waals surface area contributed by atoms with Gasteiger partial charge >= 0.3 is 0 Å². The van der Waals surface area contributed by atoms with Crippen molar-refractivity contribution >= 4 is 21.7 Å². The zero-order chi connectivity index (χ0) is 12.7. The van der Waals surface area contributed by atoms with E-state index in [-0.39, 0.29) is 0 Å². The van der Waals surface area contributed by atoms with Gasteiger partial charge in [0.25, 0.3) is 0 Å². The van der Waals surface area contributed by atoms with Crippen LogP contribution in [-0.4, -0.2) is 42.1 Å². The van der Waals surface area contributed by atoms with Gasteiger partial charge in [0.1, 0.15) is 16.2 Å². The van der Waals surface area contributed by atoms with Gasteiger partial charge in [-0.1, -0.05) is 6.92 Å². The first-order valence-electron chi connectivity index (χ1n) is 6.04. The van der Waals surface area contributed by atoms with Gasteiger partial charge in [-0.25, -0.2) is 9.97 Å². The van der Waals surface area contributed by atoms with Crippen molar-refractivity contribution in [3.05, 3.63) is 16.5 Å². The fourth-order valence-corrected chi connectivity index (χ4v) is 1.92. The maximum atomic E-state index is 4.47. The molecule has 1 aromatic heterocycles. The summed E-state index contributed by atoms with van der Waals surface area (Å²) >= 11 is 3.42. The van der Waals surface area contributed by atoms with Gasteiger partial charge in [-0.2, -0.15) is 0 Å². The number of aromatic nitrogens is 2. The molecule has 0 spiro atoms. The summed E-state index contributed by atoms with van der Waals surface area (Å²) in [5.74, 6) is 1.81. The normalized spacial score (nSPS) is 10.9. The predicted molar refractivity (Wildman–Crippen MR) is 75.4 cm³/mol. The maximum absolute atomic E-state index is 4.47. The average molecular weight is 301 g/mol. The molecule has 0 saturated heterocycles. The summed E-state index contributed by atoms with van der Waals surface area (Å²) in [6, 6.07) is 1.93. The van der Waals surface area contributed by atoms with E-state index < -0.39 is 0 Å². The Morgan fingerprint density at radius 3 is 2.76 bits per heavy atom. The van der Waals surface area contributed by atoms with E-state index in [1.807, 2.05) is 6.07 Å².